The van der Waals surface area contributed by atoms with E-state index in [9.17, 15) is 13.2 Å². The smallest absolute Gasteiger partial charge is 0.490 e. The molecule has 186 valence electrons. The van der Waals surface area contributed by atoms with E-state index in [4.69, 9.17) is 24.4 Å². The number of nitrogens with one attached hydrogen (secondary N) is 1. The molecule has 2 aromatic carbocycles. The number of halogens is 3. The first-order chi connectivity index (χ1) is 16.2. The quantitative estimate of drug-likeness (QED) is 0.322. The number of aromatic nitrogens is 1. The van der Waals surface area contributed by atoms with Crippen LogP contribution in [0, 0.1) is 0 Å². The topological polar surface area (TPSA) is 83.9 Å². The molecule has 0 atom stereocenters. The van der Waals surface area contributed by atoms with Gasteiger partial charge in [-0.25, -0.2) is 9.78 Å². The van der Waals surface area contributed by atoms with Crippen molar-refractivity contribution in [1.29, 1.82) is 0 Å². The van der Waals surface area contributed by atoms with Crippen LogP contribution in [0.15, 0.2) is 36.4 Å². The van der Waals surface area contributed by atoms with Crippen LogP contribution in [-0.2, 0) is 4.79 Å². The molecule has 1 heterocycles. The highest BCUT2D eigenvalue weighted by atomic mass is 19.4. The fourth-order valence-corrected chi connectivity index (χ4v) is 3.45. The molecule has 3 rings (SSSR count). The Hall–Kier alpha value is -3.27. The molecule has 0 amide bonds. The minimum Gasteiger partial charge on any atom is -0.493 e. The average molecular weight is 482 g/mol. The molecule has 0 aliphatic heterocycles. The van der Waals surface area contributed by atoms with Crippen LogP contribution in [0.3, 0.4) is 0 Å². The van der Waals surface area contributed by atoms with Crippen molar-refractivity contribution in [2.24, 2.45) is 0 Å². The van der Waals surface area contributed by atoms with E-state index in [2.05, 4.69) is 30.1 Å². The van der Waals surface area contributed by atoms with Crippen molar-refractivity contribution in [3.05, 3.63) is 36.4 Å². The van der Waals surface area contributed by atoms with Crippen molar-refractivity contribution < 1.29 is 32.5 Å². The third-order valence-corrected chi connectivity index (χ3v) is 5.23. The maximum absolute atomic E-state index is 10.6. The van der Waals surface area contributed by atoms with Crippen LogP contribution in [0.2, 0.25) is 0 Å². The third kappa shape index (κ3) is 6.86. The van der Waals surface area contributed by atoms with Crippen LogP contribution < -0.4 is 14.8 Å². The Morgan fingerprint density at radius 1 is 1.09 bits per heavy atom. The summed E-state index contributed by atoms with van der Waals surface area (Å²) in [4.78, 5) is 16.1. The van der Waals surface area contributed by atoms with E-state index in [1.54, 1.807) is 7.11 Å². The SMILES string of the molecule is CCN(CC)CCCOc1cc2nc3ccccc3c(NC)c2cc1OC.O=C(O)C(F)(F)F. The Morgan fingerprint density at radius 3 is 2.29 bits per heavy atom. The van der Waals surface area contributed by atoms with Gasteiger partial charge < -0.3 is 24.8 Å². The lowest BCUT2D eigenvalue weighted by Crippen LogP contribution is -2.25. The Balaban J connectivity index is 0.000000509. The molecular weight excluding hydrogens is 451 g/mol. The highest BCUT2D eigenvalue weighted by molar-refractivity contribution is 6.08. The molecule has 1 aromatic heterocycles. The fraction of sp³-hybridized carbons (Fsp3) is 0.417. The van der Waals surface area contributed by atoms with Gasteiger partial charge in [0.1, 0.15) is 0 Å². The van der Waals surface area contributed by atoms with E-state index in [-0.39, 0.29) is 0 Å². The summed E-state index contributed by atoms with van der Waals surface area (Å²) in [5, 5.41) is 12.6. The van der Waals surface area contributed by atoms with Gasteiger partial charge in [0.2, 0.25) is 0 Å². The zero-order valence-electron chi connectivity index (χ0n) is 19.7. The molecule has 10 heteroatoms. The van der Waals surface area contributed by atoms with Gasteiger partial charge in [0.05, 0.1) is 30.4 Å². The molecule has 0 aliphatic carbocycles. The van der Waals surface area contributed by atoms with Crippen molar-refractivity contribution in [2.45, 2.75) is 26.4 Å². The molecule has 2 N–H and O–H groups in total. The summed E-state index contributed by atoms with van der Waals surface area (Å²) in [7, 11) is 3.61. The summed E-state index contributed by atoms with van der Waals surface area (Å²) >= 11 is 0. The highest BCUT2D eigenvalue weighted by Crippen LogP contribution is 2.37. The number of ether oxygens (including phenoxy) is 2. The lowest BCUT2D eigenvalue weighted by Gasteiger charge is -2.18. The first kappa shape index (κ1) is 27.0. The van der Waals surface area contributed by atoms with Gasteiger partial charge in [-0.3, -0.25) is 0 Å². The second kappa shape index (κ2) is 12.3. The van der Waals surface area contributed by atoms with Gasteiger partial charge in [0.15, 0.2) is 11.5 Å². The van der Waals surface area contributed by atoms with Crippen LogP contribution in [0.5, 0.6) is 11.5 Å². The van der Waals surface area contributed by atoms with Crippen LogP contribution in [0.4, 0.5) is 18.9 Å². The molecule has 34 heavy (non-hydrogen) atoms. The van der Waals surface area contributed by atoms with Crippen LogP contribution in [0.25, 0.3) is 21.8 Å². The molecule has 0 unspecified atom stereocenters. The zero-order chi connectivity index (χ0) is 25.3. The van der Waals surface area contributed by atoms with Gasteiger partial charge in [-0.15, -0.1) is 0 Å². The second-order valence-electron chi connectivity index (χ2n) is 7.31. The predicted molar refractivity (Wildman–Crippen MR) is 127 cm³/mol. The third-order valence-electron chi connectivity index (χ3n) is 5.23. The molecule has 7 nitrogen and oxygen atoms in total. The van der Waals surface area contributed by atoms with Gasteiger partial charge in [-0.2, -0.15) is 13.2 Å². The number of hydrogen-bond donors (Lipinski definition) is 2. The van der Waals surface area contributed by atoms with Crippen LogP contribution in [0.1, 0.15) is 20.3 Å². The van der Waals surface area contributed by atoms with E-state index >= 15 is 0 Å². The number of fused-ring (bicyclic) bond motifs is 2. The predicted octanol–water partition coefficient (Wildman–Crippen LogP) is 5.18. The maximum Gasteiger partial charge on any atom is 0.490 e. The number of para-hydroxylation sites is 1. The summed E-state index contributed by atoms with van der Waals surface area (Å²) in [5.74, 6) is -1.28. The number of nitrogens with zero attached hydrogens (tertiary/aromatic N) is 2. The molecule has 0 saturated heterocycles. The molecule has 0 saturated carbocycles. The standard InChI is InChI=1S/C22H29N3O2.C2HF3O2/c1-5-25(6-2)12-9-13-27-21-15-19-17(14-20(21)26-4)22(23-3)16-10-7-8-11-18(16)24-19;3-2(4,5)1(6)7/h7-8,10-11,14-15H,5-6,9,12-13H2,1-4H3,(H,23,24);(H,6,7). The van der Waals surface area contributed by atoms with Crippen molar-refractivity contribution >= 4 is 33.5 Å². The van der Waals surface area contributed by atoms with E-state index in [0.29, 0.717) is 6.61 Å². The summed E-state index contributed by atoms with van der Waals surface area (Å²) in [6, 6.07) is 12.2. The van der Waals surface area contributed by atoms with Crippen LogP contribution >= 0.6 is 0 Å². The van der Waals surface area contributed by atoms with Crippen molar-refractivity contribution in [3.8, 4) is 11.5 Å². The Morgan fingerprint density at radius 2 is 1.74 bits per heavy atom. The largest absolute Gasteiger partial charge is 0.493 e. The molecular formula is C24H30F3N3O4. The molecule has 0 spiro atoms. The van der Waals surface area contributed by atoms with E-state index in [1.165, 1.54) is 0 Å². The lowest BCUT2D eigenvalue weighted by molar-refractivity contribution is -0.192. The van der Waals surface area contributed by atoms with Crippen LogP contribution in [-0.4, -0.2) is 67.5 Å². The number of rotatable bonds is 9. The number of methoxy groups -OCH3 is 1. The number of carbonyl (C=O) groups is 1. The molecule has 0 bridgehead atoms. The van der Waals surface area contributed by atoms with E-state index in [0.717, 1.165) is 65.0 Å². The summed E-state index contributed by atoms with van der Waals surface area (Å²) in [6.45, 7) is 8.21. The number of aliphatic carboxylic acids is 1. The monoisotopic (exact) mass is 481 g/mol. The summed E-state index contributed by atoms with van der Waals surface area (Å²) in [5.41, 5.74) is 2.92. The van der Waals surface area contributed by atoms with Crippen molar-refractivity contribution in [3.63, 3.8) is 0 Å². The molecule has 0 aliphatic rings. The number of benzene rings is 2. The number of anilines is 1. The van der Waals surface area contributed by atoms with Crippen molar-refractivity contribution in [2.75, 3.05) is 45.7 Å². The Kier molecular flexibility index (Phi) is 9.73. The first-order valence-electron chi connectivity index (χ1n) is 10.9. The number of alkyl halides is 3. The molecule has 0 fully saturated rings. The summed E-state index contributed by atoms with van der Waals surface area (Å²) < 4.78 is 43.4. The minimum absolute atomic E-state index is 0.658. The van der Waals surface area contributed by atoms with Crippen molar-refractivity contribution in [1.82, 2.24) is 9.88 Å². The lowest BCUT2D eigenvalue weighted by atomic mass is 10.1. The highest BCUT2D eigenvalue weighted by Gasteiger charge is 2.38. The van der Waals surface area contributed by atoms with Gasteiger partial charge >= 0.3 is 12.1 Å². The molecule has 3 aromatic rings. The Labute approximate surface area is 196 Å². The normalized spacial score (nSPS) is 11.3. The minimum atomic E-state index is -5.08. The van der Waals surface area contributed by atoms with E-state index in [1.807, 2.05) is 37.4 Å². The number of carboxylic acid groups (broad SMARTS) is 1. The number of pyridine rings is 1. The van der Waals surface area contributed by atoms with Gasteiger partial charge in [-0.05, 0) is 31.6 Å². The number of hydrogen-bond acceptors (Lipinski definition) is 6. The van der Waals surface area contributed by atoms with Gasteiger partial charge in [0, 0.05) is 30.4 Å². The fourth-order valence-electron chi connectivity index (χ4n) is 3.45. The van der Waals surface area contributed by atoms with E-state index < -0.39 is 12.1 Å². The van der Waals surface area contributed by atoms with Gasteiger partial charge in [0.25, 0.3) is 0 Å². The molecule has 0 radical (unpaired) electrons. The zero-order valence-corrected chi connectivity index (χ0v) is 19.7. The first-order valence-corrected chi connectivity index (χ1v) is 10.9. The second-order valence-corrected chi connectivity index (χ2v) is 7.31. The Bertz CT molecular complexity index is 1100. The summed E-state index contributed by atoms with van der Waals surface area (Å²) in [6.07, 6.45) is -4.10. The number of carboxylic acids is 1. The maximum atomic E-state index is 10.6. The van der Waals surface area contributed by atoms with Gasteiger partial charge in [-0.1, -0.05) is 32.0 Å². The average Bonchev–Trinajstić information content (AvgIpc) is 2.81.